The predicted octanol–water partition coefficient (Wildman–Crippen LogP) is 6.89. The van der Waals surface area contributed by atoms with E-state index >= 15 is 0 Å². The first kappa shape index (κ1) is 26.1. The molecule has 0 saturated carbocycles. The summed E-state index contributed by atoms with van der Waals surface area (Å²) >= 11 is 0. The lowest BCUT2D eigenvalue weighted by molar-refractivity contribution is -0.124. The zero-order valence-corrected chi connectivity index (χ0v) is 20.9. The molecule has 0 saturated heterocycles. The summed E-state index contributed by atoms with van der Waals surface area (Å²) in [5.74, 6) is -1.51. The zero-order chi connectivity index (χ0) is 27.7. The molecule has 3 heterocycles. The van der Waals surface area contributed by atoms with Gasteiger partial charge in [-0.25, -0.2) is 4.79 Å². The van der Waals surface area contributed by atoms with Crippen LogP contribution in [-0.4, -0.2) is 35.2 Å². The molecular weight excluding hydrogens is 511 g/mol. The van der Waals surface area contributed by atoms with E-state index in [4.69, 9.17) is 9.15 Å². The molecule has 0 fully saturated rings. The monoisotopic (exact) mass is 535 g/mol. The van der Waals surface area contributed by atoms with Crippen molar-refractivity contribution in [3.63, 3.8) is 0 Å². The van der Waals surface area contributed by atoms with Crippen molar-refractivity contribution < 1.29 is 37.0 Å². The number of methoxy groups -OCH3 is 1. The van der Waals surface area contributed by atoms with E-state index in [0.717, 1.165) is 22.6 Å². The van der Waals surface area contributed by atoms with Crippen LogP contribution in [0.15, 0.2) is 106 Å². The molecule has 1 aromatic heterocycles. The highest BCUT2D eigenvalue weighted by Crippen LogP contribution is 2.41. The van der Waals surface area contributed by atoms with Crippen molar-refractivity contribution in [3.05, 3.63) is 118 Å². The highest BCUT2D eigenvalue weighted by molar-refractivity contribution is 6.02. The fraction of sp³-hybridized carbons (Fsp3) is 0.233. The van der Waals surface area contributed by atoms with Gasteiger partial charge in [-0.3, -0.25) is 9.69 Å². The summed E-state index contributed by atoms with van der Waals surface area (Å²) in [5.41, 5.74) is 3.31. The third-order valence-electron chi connectivity index (χ3n) is 7.06. The zero-order valence-electron chi connectivity index (χ0n) is 20.9. The van der Waals surface area contributed by atoms with Crippen LogP contribution in [0.3, 0.4) is 0 Å². The summed E-state index contributed by atoms with van der Waals surface area (Å²) < 4.78 is 51.6. The summed E-state index contributed by atoms with van der Waals surface area (Å²) in [6.07, 6.45) is 5.30. The molecule has 1 aromatic carbocycles. The number of benzene rings is 1. The Morgan fingerprint density at radius 1 is 1.21 bits per heavy atom. The van der Waals surface area contributed by atoms with Crippen LogP contribution in [0.2, 0.25) is 0 Å². The standard InChI is InChI=1S/C30H24F3NO5/c1-38-29(37)23-8-3-2-7-22(23)18-5-4-6-19(10-9-18)27(35)24-11-12-26-25(30(31,32)33)15-21(16-34(26)28(24)36)20-13-14-39-17-20/h2-3,6-8,11,13-18,35H,4-5,9-10H2,1H3. The maximum absolute atomic E-state index is 13.9. The average molecular weight is 536 g/mol. The van der Waals surface area contributed by atoms with Crippen LogP contribution >= 0.6 is 0 Å². The molecule has 3 aliphatic rings. The van der Waals surface area contributed by atoms with Gasteiger partial charge in [0.2, 0.25) is 0 Å². The summed E-state index contributed by atoms with van der Waals surface area (Å²) in [6.45, 7) is 0. The van der Waals surface area contributed by atoms with Gasteiger partial charge < -0.3 is 14.3 Å². The lowest BCUT2D eigenvalue weighted by atomic mass is 9.87. The van der Waals surface area contributed by atoms with Crippen molar-refractivity contribution >= 4 is 17.4 Å². The molecule has 0 radical (unpaired) electrons. The number of aliphatic hydroxyl groups excluding tert-OH is 1. The van der Waals surface area contributed by atoms with Crippen LogP contribution in [0.1, 0.15) is 53.1 Å². The molecule has 1 aliphatic carbocycles. The largest absolute Gasteiger partial charge is 0.507 e. The second kappa shape index (κ2) is 10.3. The highest BCUT2D eigenvalue weighted by atomic mass is 19.4. The van der Waals surface area contributed by atoms with Gasteiger partial charge in [0.05, 0.1) is 36.3 Å². The van der Waals surface area contributed by atoms with E-state index in [-0.39, 0.29) is 22.8 Å². The van der Waals surface area contributed by atoms with E-state index in [1.165, 1.54) is 31.9 Å². The number of carbonyl (C=O) groups excluding carboxylic acids is 2. The minimum absolute atomic E-state index is 0.0120. The third-order valence-corrected chi connectivity index (χ3v) is 7.06. The van der Waals surface area contributed by atoms with E-state index in [1.54, 1.807) is 12.1 Å². The summed E-state index contributed by atoms with van der Waals surface area (Å²) in [7, 11) is 1.33. The molecule has 0 spiro atoms. The summed E-state index contributed by atoms with van der Waals surface area (Å²) in [4.78, 5) is 26.5. The molecule has 5 rings (SSSR count). The van der Waals surface area contributed by atoms with Crippen LogP contribution in [0.25, 0.3) is 5.57 Å². The van der Waals surface area contributed by atoms with Crippen molar-refractivity contribution in [1.82, 2.24) is 4.90 Å². The van der Waals surface area contributed by atoms with Gasteiger partial charge in [-0.1, -0.05) is 30.0 Å². The molecule has 9 heteroatoms. The lowest BCUT2D eigenvalue weighted by Crippen LogP contribution is -2.34. The van der Waals surface area contributed by atoms with Gasteiger partial charge in [0.1, 0.15) is 11.5 Å². The van der Waals surface area contributed by atoms with Crippen molar-refractivity contribution in [3.8, 4) is 0 Å². The number of esters is 1. The fourth-order valence-electron chi connectivity index (χ4n) is 5.09. The summed E-state index contributed by atoms with van der Waals surface area (Å²) in [5, 5.41) is 11.1. The van der Waals surface area contributed by atoms with E-state index in [2.05, 4.69) is 5.73 Å². The second-order valence-corrected chi connectivity index (χ2v) is 9.35. The maximum atomic E-state index is 13.9. The number of furan rings is 1. The minimum atomic E-state index is -4.74. The molecule has 1 N–H and O–H groups in total. The topological polar surface area (TPSA) is 80.0 Å². The smallest absolute Gasteiger partial charge is 0.419 e. The second-order valence-electron chi connectivity index (χ2n) is 9.35. The number of nitrogens with zero attached hydrogens (tertiary/aromatic N) is 1. The number of alkyl halides is 3. The Hall–Kier alpha value is -4.49. The molecule has 1 atom stereocenters. The molecule has 0 bridgehead atoms. The molecule has 200 valence electrons. The quantitative estimate of drug-likeness (QED) is 0.200. The number of aliphatic hydroxyl groups is 1. The van der Waals surface area contributed by atoms with Gasteiger partial charge in [0.25, 0.3) is 5.91 Å². The van der Waals surface area contributed by atoms with Crippen molar-refractivity contribution in [1.29, 1.82) is 0 Å². The number of hydrogen-bond donors (Lipinski definition) is 1. The Kier molecular flexibility index (Phi) is 6.93. The first-order valence-electron chi connectivity index (χ1n) is 12.3. The molecule has 1 unspecified atom stereocenters. The Balaban J connectivity index is 1.46. The van der Waals surface area contributed by atoms with Crippen LogP contribution in [0.4, 0.5) is 13.2 Å². The van der Waals surface area contributed by atoms with E-state index in [9.17, 15) is 27.9 Å². The Morgan fingerprint density at radius 3 is 2.72 bits per heavy atom. The summed E-state index contributed by atoms with van der Waals surface area (Å²) in [6, 6.07) is 8.70. The average Bonchev–Trinajstić information content (AvgIpc) is 3.36. The van der Waals surface area contributed by atoms with E-state index in [1.807, 2.05) is 18.2 Å². The van der Waals surface area contributed by atoms with Crippen molar-refractivity contribution in [2.45, 2.75) is 37.8 Å². The number of fused-ring (bicyclic) bond motifs is 1. The van der Waals surface area contributed by atoms with Gasteiger partial charge in [-0.15, -0.1) is 0 Å². The predicted molar refractivity (Wildman–Crippen MR) is 136 cm³/mol. The number of amides is 1. The van der Waals surface area contributed by atoms with Crippen molar-refractivity contribution in [2.24, 2.45) is 0 Å². The Morgan fingerprint density at radius 2 is 2.00 bits per heavy atom. The van der Waals surface area contributed by atoms with Gasteiger partial charge in [-0.05, 0) is 67.0 Å². The van der Waals surface area contributed by atoms with Crippen LogP contribution < -0.4 is 0 Å². The van der Waals surface area contributed by atoms with Gasteiger partial charge >= 0.3 is 12.1 Å². The highest BCUT2D eigenvalue weighted by Gasteiger charge is 2.43. The van der Waals surface area contributed by atoms with Gasteiger partial charge in [-0.2, -0.15) is 13.2 Å². The van der Waals surface area contributed by atoms with Crippen LogP contribution in [-0.2, 0) is 9.53 Å². The Labute approximate surface area is 222 Å². The number of hydrogen-bond acceptors (Lipinski definition) is 5. The normalized spacial score (nSPS) is 20.8. The van der Waals surface area contributed by atoms with E-state index < -0.39 is 29.3 Å². The van der Waals surface area contributed by atoms with Crippen LogP contribution in [0, 0.1) is 0 Å². The van der Waals surface area contributed by atoms with E-state index in [0.29, 0.717) is 42.4 Å². The number of halogens is 3. The number of allylic oxidation sites excluding steroid dienone is 4. The van der Waals surface area contributed by atoms with Crippen molar-refractivity contribution in [2.75, 3.05) is 7.11 Å². The fourth-order valence-corrected chi connectivity index (χ4v) is 5.09. The maximum Gasteiger partial charge on any atom is 0.419 e. The van der Waals surface area contributed by atoms with Crippen LogP contribution in [0.5, 0.6) is 0 Å². The first-order valence-corrected chi connectivity index (χ1v) is 12.3. The van der Waals surface area contributed by atoms with Gasteiger partial charge in [0.15, 0.2) is 0 Å². The number of ether oxygens (including phenoxy) is 1. The molecular formula is C30H24F3NO5. The molecule has 1 amide bonds. The first-order chi connectivity index (χ1) is 18.7. The number of carbonyl (C=O) groups is 2. The Bertz CT molecular complexity index is 1520. The SMILES string of the molecule is COC(=O)c1ccccc1C1CCC=C(C(O)=C2C=C=C3C(C(F)(F)F)=CC(c4ccoc4)=CN3C2=O)CC1. The minimum Gasteiger partial charge on any atom is -0.507 e. The van der Waals surface area contributed by atoms with Gasteiger partial charge in [0, 0.05) is 17.3 Å². The molecule has 2 aromatic rings. The lowest BCUT2D eigenvalue weighted by Gasteiger charge is -2.30. The third kappa shape index (κ3) is 5.01. The number of rotatable bonds is 4. The molecule has 2 aliphatic heterocycles. The molecule has 6 nitrogen and oxygen atoms in total. The molecule has 39 heavy (non-hydrogen) atoms.